The van der Waals surface area contributed by atoms with Gasteiger partial charge >= 0.3 is 6.03 Å². The van der Waals surface area contributed by atoms with Crippen molar-refractivity contribution in [2.75, 3.05) is 31.5 Å². The molecule has 0 spiro atoms. The number of nitrogens with one attached hydrogen (secondary N) is 1. The Morgan fingerprint density at radius 3 is 2.12 bits per heavy atom. The molecule has 1 fully saturated rings. The fourth-order valence-electron chi connectivity index (χ4n) is 5.01. The summed E-state index contributed by atoms with van der Waals surface area (Å²) in [6.07, 6.45) is 1.81. The smallest absolute Gasteiger partial charge is 0.321 e. The van der Waals surface area contributed by atoms with Gasteiger partial charge < -0.3 is 15.1 Å². The number of benzene rings is 3. The number of carbonyl (C=O) groups excluding carboxylic acids is 2. The highest BCUT2D eigenvalue weighted by Crippen LogP contribution is 2.23. The minimum Gasteiger partial charge on any atom is -0.334 e. The van der Waals surface area contributed by atoms with Crippen LogP contribution in [0.25, 0.3) is 0 Å². The van der Waals surface area contributed by atoms with Crippen molar-refractivity contribution in [3.05, 3.63) is 96.1 Å². The van der Waals surface area contributed by atoms with E-state index in [1.165, 1.54) is 4.31 Å². The first-order valence-electron chi connectivity index (χ1n) is 13.8. The number of amides is 3. The number of hydrogen-bond acceptors (Lipinski definition) is 4. The lowest BCUT2D eigenvalue weighted by Crippen LogP contribution is -2.52. The van der Waals surface area contributed by atoms with Crippen LogP contribution >= 0.6 is 0 Å². The van der Waals surface area contributed by atoms with Gasteiger partial charge in [0.1, 0.15) is 0 Å². The number of anilines is 1. The zero-order valence-corrected chi connectivity index (χ0v) is 24.0. The summed E-state index contributed by atoms with van der Waals surface area (Å²) in [5.41, 5.74) is 2.75. The van der Waals surface area contributed by atoms with E-state index in [0.717, 1.165) is 16.8 Å². The number of sulfonamides is 1. The summed E-state index contributed by atoms with van der Waals surface area (Å²) < 4.78 is 28.1. The van der Waals surface area contributed by atoms with E-state index in [0.29, 0.717) is 38.9 Å². The van der Waals surface area contributed by atoms with Gasteiger partial charge in [0.15, 0.2) is 0 Å². The molecular formula is C31H38N4O4S. The summed E-state index contributed by atoms with van der Waals surface area (Å²) in [5.74, 6) is -0.236. The number of likely N-dealkylation sites (tertiary alicyclic amines) is 1. The van der Waals surface area contributed by atoms with Gasteiger partial charge in [0.25, 0.3) is 0 Å². The zero-order chi connectivity index (χ0) is 28.5. The molecule has 212 valence electrons. The Morgan fingerprint density at radius 1 is 0.900 bits per heavy atom. The Labute approximate surface area is 237 Å². The van der Waals surface area contributed by atoms with Gasteiger partial charge in [-0.3, -0.25) is 4.79 Å². The molecule has 3 aromatic carbocycles. The van der Waals surface area contributed by atoms with Crippen LogP contribution in [-0.4, -0.2) is 66.7 Å². The van der Waals surface area contributed by atoms with Gasteiger partial charge in [0, 0.05) is 37.9 Å². The Hall–Kier alpha value is -3.69. The average Bonchev–Trinajstić information content (AvgIpc) is 2.98. The molecule has 3 amide bonds. The number of aryl methyl sites for hydroxylation is 1. The van der Waals surface area contributed by atoms with Gasteiger partial charge in [0.2, 0.25) is 15.9 Å². The molecule has 3 aromatic rings. The largest absolute Gasteiger partial charge is 0.334 e. The number of urea groups is 1. The summed E-state index contributed by atoms with van der Waals surface area (Å²) in [6.45, 7) is 5.26. The monoisotopic (exact) mass is 562 g/mol. The minimum absolute atomic E-state index is 0.113. The predicted octanol–water partition coefficient (Wildman–Crippen LogP) is 5.12. The van der Waals surface area contributed by atoms with Crippen molar-refractivity contribution in [3.8, 4) is 0 Å². The molecule has 0 radical (unpaired) electrons. The number of para-hydroxylation sites is 1. The van der Waals surface area contributed by atoms with E-state index in [1.54, 1.807) is 40.1 Å². The van der Waals surface area contributed by atoms with E-state index in [1.807, 2.05) is 68.4 Å². The van der Waals surface area contributed by atoms with Crippen LogP contribution < -0.4 is 5.32 Å². The van der Waals surface area contributed by atoms with Crippen LogP contribution in [0.1, 0.15) is 37.3 Å². The lowest BCUT2D eigenvalue weighted by Gasteiger charge is -2.39. The van der Waals surface area contributed by atoms with Crippen LogP contribution in [0.2, 0.25) is 0 Å². The van der Waals surface area contributed by atoms with E-state index < -0.39 is 10.0 Å². The molecule has 1 N–H and O–H groups in total. The quantitative estimate of drug-likeness (QED) is 0.371. The average molecular weight is 563 g/mol. The molecule has 1 aliphatic rings. The maximum atomic E-state index is 13.8. The molecular weight excluding hydrogens is 524 g/mol. The third kappa shape index (κ3) is 7.28. The molecule has 0 aromatic heterocycles. The third-order valence-electron chi connectivity index (χ3n) is 7.26. The minimum atomic E-state index is -3.82. The van der Waals surface area contributed by atoms with Crippen LogP contribution in [0, 0.1) is 6.92 Å². The number of nitrogens with zero attached hydrogens (tertiary/aromatic N) is 3. The lowest BCUT2D eigenvalue weighted by molar-refractivity contribution is -0.135. The first-order chi connectivity index (χ1) is 19.3. The van der Waals surface area contributed by atoms with Gasteiger partial charge in [-0.25, -0.2) is 13.2 Å². The molecule has 40 heavy (non-hydrogen) atoms. The van der Waals surface area contributed by atoms with Crippen molar-refractivity contribution in [3.63, 3.8) is 0 Å². The lowest BCUT2D eigenvalue weighted by atomic mass is 10.0. The SMILES string of the molecule is CCCN(CC(=O)N(Cc1ccccc1)C1CCN(C(=O)Nc2ccccc2C)CC1)S(=O)(=O)c1ccccc1. The molecule has 0 unspecified atom stereocenters. The second-order valence-corrected chi connectivity index (χ2v) is 12.1. The summed E-state index contributed by atoms with van der Waals surface area (Å²) >= 11 is 0. The summed E-state index contributed by atoms with van der Waals surface area (Å²) in [6, 6.07) is 25.4. The molecule has 4 rings (SSSR count). The Balaban J connectivity index is 1.48. The van der Waals surface area contributed by atoms with Crippen molar-refractivity contribution in [1.82, 2.24) is 14.1 Å². The highest BCUT2D eigenvalue weighted by atomic mass is 32.2. The van der Waals surface area contributed by atoms with Crippen molar-refractivity contribution in [2.45, 2.75) is 50.6 Å². The van der Waals surface area contributed by atoms with Gasteiger partial charge in [-0.2, -0.15) is 4.31 Å². The van der Waals surface area contributed by atoms with Gasteiger partial charge in [-0.15, -0.1) is 0 Å². The molecule has 0 bridgehead atoms. The molecule has 1 aliphatic heterocycles. The van der Waals surface area contributed by atoms with Crippen molar-refractivity contribution in [1.29, 1.82) is 0 Å². The zero-order valence-electron chi connectivity index (χ0n) is 23.2. The normalized spacial score (nSPS) is 14.2. The van der Waals surface area contributed by atoms with Gasteiger partial charge in [-0.1, -0.05) is 73.7 Å². The fourth-order valence-corrected chi connectivity index (χ4v) is 6.51. The summed E-state index contributed by atoms with van der Waals surface area (Å²) in [7, 11) is -3.82. The summed E-state index contributed by atoms with van der Waals surface area (Å²) in [4.78, 5) is 30.5. The Kier molecular flexibility index (Phi) is 9.95. The predicted molar refractivity (Wildman–Crippen MR) is 157 cm³/mol. The van der Waals surface area contributed by atoms with Crippen molar-refractivity contribution < 1.29 is 18.0 Å². The van der Waals surface area contributed by atoms with Crippen LogP contribution in [0.15, 0.2) is 89.8 Å². The first-order valence-corrected chi connectivity index (χ1v) is 15.2. The van der Waals surface area contributed by atoms with Gasteiger partial charge in [0.05, 0.1) is 11.4 Å². The number of rotatable bonds is 10. The Morgan fingerprint density at radius 2 is 1.50 bits per heavy atom. The first kappa shape index (κ1) is 29.3. The molecule has 0 aliphatic carbocycles. The van der Waals surface area contributed by atoms with Crippen LogP contribution in [0.4, 0.5) is 10.5 Å². The summed E-state index contributed by atoms with van der Waals surface area (Å²) in [5, 5.41) is 2.99. The van der Waals surface area contributed by atoms with Gasteiger partial charge in [-0.05, 0) is 55.5 Å². The molecule has 1 saturated heterocycles. The number of piperidine rings is 1. The van der Waals surface area contributed by atoms with E-state index in [-0.39, 0.29) is 36.0 Å². The highest BCUT2D eigenvalue weighted by Gasteiger charge is 2.33. The molecule has 9 heteroatoms. The second-order valence-electron chi connectivity index (χ2n) is 10.1. The van der Waals surface area contributed by atoms with Crippen LogP contribution in [0.3, 0.4) is 0 Å². The van der Waals surface area contributed by atoms with E-state index >= 15 is 0 Å². The van der Waals surface area contributed by atoms with E-state index in [2.05, 4.69) is 5.32 Å². The second kappa shape index (κ2) is 13.6. The van der Waals surface area contributed by atoms with E-state index in [9.17, 15) is 18.0 Å². The Bertz CT molecular complexity index is 1370. The van der Waals surface area contributed by atoms with Crippen LogP contribution in [0.5, 0.6) is 0 Å². The van der Waals surface area contributed by atoms with Crippen molar-refractivity contribution >= 4 is 27.6 Å². The maximum Gasteiger partial charge on any atom is 0.321 e. The van der Waals surface area contributed by atoms with Crippen LogP contribution in [-0.2, 0) is 21.4 Å². The maximum absolute atomic E-state index is 13.8. The fraction of sp³-hybridized carbons (Fsp3) is 0.355. The molecule has 0 saturated carbocycles. The topological polar surface area (TPSA) is 90.0 Å². The molecule has 0 atom stereocenters. The number of carbonyl (C=O) groups is 2. The standard InChI is InChI=1S/C31H38N4O4S/c1-3-20-34(40(38,39)28-15-8-5-9-16-28)24-30(36)35(23-26-13-6-4-7-14-26)27-18-21-33(22-19-27)31(37)32-29-17-11-10-12-25(29)2/h4-17,27H,3,18-24H2,1-2H3,(H,32,37). The molecule has 1 heterocycles. The number of hydrogen-bond donors (Lipinski definition) is 1. The molecule has 8 nitrogen and oxygen atoms in total. The van der Waals surface area contributed by atoms with E-state index in [4.69, 9.17) is 0 Å². The third-order valence-corrected chi connectivity index (χ3v) is 9.12. The van der Waals surface area contributed by atoms with Crippen molar-refractivity contribution in [2.24, 2.45) is 0 Å². The highest BCUT2D eigenvalue weighted by molar-refractivity contribution is 7.89.